The molecule has 1 fully saturated rings. The number of likely N-dealkylation sites (N-methyl/N-ethyl adjacent to an activating group) is 1. The number of nitrogens with zero attached hydrogens (tertiary/aromatic N) is 5. The van der Waals surface area contributed by atoms with Gasteiger partial charge < -0.3 is 25.0 Å². The quantitative estimate of drug-likeness (QED) is 0.499. The Morgan fingerprint density at radius 2 is 1.97 bits per heavy atom. The summed E-state index contributed by atoms with van der Waals surface area (Å²) in [7, 11) is 3.67. The lowest BCUT2D eigenvalue weighted by Gasteiger charge is -2.32. The van der Waals surface area contributed by atoms with Crippen molar-refractivity contribution in [2.24, 2.45) is 5.73 Å². The second kappa shape index (κ2) is 10.9. The predicted octanol–water partition coefficient (Wildman–Crippen LogP) is 3.11. The molecule has 2 aromatic heterocycles. The maximum absolute atomic E-state index is 11.5. The summed E-state index contributed by atoms with van der Waals surface area (Å²) in [5, 5.41) is 0.288. The predicted molar refractivity (Wildman–Crippen MR) is 131 cm³/mol. The number of amides is 1. The van der Waals surface area contributed by atoms with Crippen molar-refractivity contribution < 1.29 is 14.3 Å². The number of pyridine rings is 1. The molecule has 0 bridgehead atoms. The molecule has 0 aliphatic carbocycles. The SMILES string of the molecule is COc1cccc(COc2nc(N3CCN(C)CC3)ncc2Sc2ccc(C(N)=O)c(Cl)c2)n1. The number of halogens is 1. The first kappa shape index (κ1) is 24.1. The minimum atomic E-state index is -0.573. The highest BCUT2D eigenvalue weighted by atomic mass is 35.5. The molecule has 3 aromatic rings. The molecule has 9 nitrogen and oxygen atoms in total. The van der Waals surface area contributed by atoms with Crippen LogP contribution in [-0.4, -0.2) is 66.1 Å². The van der Waals surface area contributed by atoms with E-state index in [9.17, 15) is 4.79 Å². The van der Waals surface area contributed by atoms with Gasteiger partial charge in [0.05, 0.1) is 34.5 Å². The van der Waals surface area contributed by atoms with E-state index in [0.717, 1.165) is 31.1 Å². The van der Waals surface area contributed by atoms with Crippen molar-refractivity contribution in [3.8, 4) is 11.8 Å². The number of carbonyl (C=O) groups is 1. The number of hydrogen-bond acceptors (Lipinski definition) is 9. The van der Waals surface area contributed by atoms with Crippen molar-refractivity contribution in [1.82, 2.24) is 19.9 Å². The van der Waals surface area contributed by atoms with Crippen LogP contribution in [0.15, 0.2) is 52.4 Å². The first-order chi connectivity index (χ1) is 16.4. The zero-order valence-electron chi connectivity index (χ0n) is 18.9. The van der Waals surface area contributed by atoms with Crippen LogP contribution in [-0.2, 0) is 6.61 Å². The van der Waals surface area contributed by atoms with Crippen molar-refractivity contribution in [2.45, 2.75) is 16.4 Å². The Morgan fingerprint density at radius 3 is 2.68 bits per heavy atom. The van der Waals surface area contributed by atoms with Gasteiger partial charge in [0, 0.05) is 37.1 Å². The van der Waals surface area contributed by atoms with Gasteiger partial charge in [-0.2, -0.15) is 4.98 Å². The van der Waals surface area contributed by atoms with Gasteiger partial charge in [-0.3, -0.25) is 4.79 Å². The summed E-state index contributed by atoms with van der Waals surface area (Å²) in [4.78, 5) is 31.1. The van der Waals surface area contributed by atoms with Crippen LogP contribution >= 0.6 is 23.4 Å². The molecule has 0 saturated carbocycles. The Hall–Kier alpha value is -3.08. The summed E-state index contributed by atoms with van der Waals surface area (Å²) in [6, 6.07) is 10.6. The summed E-state index contributed by atoms with van der Waals surface area (Å²) in [6.07, 6.45) is 1.75. The highest BCUT2D eigenvalue weighted by Gasteiger charge is 2.20. The maximum Gasteiger partial charge on any atom is 0.250 e. The number of rotatable bonds is 8. The van der Waals surface area contributed by atoms with Gasteiger partial charge in [0.25, 0.3) is 0 Å². The molecule has 2 N–H and O–H groups in total. The van der Waals surface area contributed by atoms with Crippen molar-refractivity contribution in [2.75, 3.05) is 45.2 Å². The first-order valence-electron chi connectivity index (χ1n) is 10.6. The zero-order valence-corrected chi connectivity index (χ0v) is 20.5. The first-order valence-corrected chi connectivity index (χ1v) is 11.8. The average Bonchev–Trinajstić information content (AvgIpc) is 2.84. The third-order valence-corrected chi connectivity index (χ3v) is 6.58. The topological polar surface area (TPSA) is 107 Å². The van der Waals surface area contributed by atoms with Gasteiger partial charge in [-0.25, -0.2) is 9.97 Å². The van der Waals surface area contributed by atoms with Gasteiger partial charge in [-0.05, 0) is 31.3 Å². The van der Waals surface area contributed by atoms with Crippen molar-refractivity contribution in [3.63, 3.8) is 0 Å². The molecule has 4 rings (SSSR count). The smallest absolute Gasteiger partial charge is 0.250 e. The molecule has 3 heterocycles. The molecule has 0 spiro atoms. The van der Waals surface area contributed by atoms with Crippen molar-refractivity contribution in [3.05, 3.63) is 58.9 Å². The van der Waals surface area contributed by atoms with Gasteiger partial charge in [0.2, 0.25) is 23.6 Å². The van der Waals surface area contributed by atoms with Crippen LogP contribution in [0.5, 0.6) is 11.8 Å². The van der Waals surface area contributed by atoms with Gasteiger partial charge >= 0.3 is 0 Å². The molecule has 178 valence electrons. The Bertz CT molecular complexity index is 1170. The minimum Gasteiger partial charge on any atom is -0.481 e. The second-order valence-corrected chi connectivity index (χ2v) is 9.22. The monoisotopic (exact) mass is 500 g/mol. The van der Waals surface area contributed by atoms with Crippen LogP contribution in [0, 0.1) is 0 Å². The van der Waals surface area contributed by atoms with Crippen LogP contribution in [0.25, 0.3) is 0 Å². The van der Waals surface area contributed by atoms with Crippen LogP contribution in [0.2, 0.25) is 5.02 Å². The number of hydrogen-bond donors (Lipinski definition) is 1. The van der Waals surface area contributed by atoms with Crippen LogP contribution < -0.4 is 20.1 Å². The fourth-order valence-corrected chi connectivity index (χ4v) is 4.56. The molecule has 1 aliphatic heterocycles. The summed E-state index contributed by atoms with van der Waals surface area (Å²) >= 11 is 7.62. The van der Waals surface area contributed by atoms with Gasteiger partial charge in [-0.1, -0.05) is 29.4 Å². The molecule has 0 unspecified atom stereocenters. The lowest BCUT2D eigenvalue weighted by molar-refractivity contribution is 0.100. The zero-order chi connectivity index (χ0) is 24.1. The number of ether oxygens (including phenoxy) is 2. The Labute approximate surface area is 207 Å². The molecular formula is C23H25ClN6O3S. The second-order valence-electron chi connectivity index (χ2n) is 7.70. The number of nitrogens with two attached hydrogens (primary N) is 1. The Kier molecular flexibility index (Phi) is 7.71. The summed E-state index contributed by atoms with van der Waals surface area (Å²) in [5.41, 5.74) is 6.34. The number of primary amides is 1. The van der Waals surface area contributed by atoms with Crippen molar-refractivity contribution >= 4 is 35.2 Å². The highest BCUT2D eigenvalue weighted by Crippen LogP contribution is 2.36. The van der Waals surface area contributed by atoms with E-state index in [4.69, 9.17) is 31.8 Å². The van der Waals surface area contributed by atoms with E-state index in [2.05, 4.69) is 26.8 Å². The van der Waals surface area contributed by atoms with E-state index in [1.807, 2.05) is 12.1 Å². The molecule has 0 radical (unpaired) electrons. The fraction of sp³-hybridized carbons (Fsp3) is 0.304. The number of aromatic nitrogens is 3. The fourth-order valence-electron chi connectivity index (χ4n) is 3.36. The lowest BCUT2D eigenvalue weighted by atomic mass is 10.2. The van der Waals surface area contributed by atoms with Crippen LogP contribution in [0.3, 0.4) is 0 Å². The molecule has 0 atom stereocenters. The number of methoxy groups -OCH3 is 1. The minimum absolute atomic E-state index is 0.214. The third-order valence-electron chi connectivity index (χ3n) is 5.28. The normalized spacial score (nSPS) is 14.1. The lowest BCUT2D eigenvalue weighted by Crippen LogP contribution is -2.45. The number of carbonyl (C=O) groups excluding carboxylic acids is 1. The van der Waals surface area contributed by atoms with E-state index in [1.54, 1.807) is 37.6 Å². The number of benzene rings is 1. The molecule has 1 amide bonds. The van der Waals surface area contributed by atoms with Gasteiger partial charge in [0.1, 0.15) is 6.61 Å². The van der Waals surface area contributed by atoms with E-state index in [1.165, 1.54) is 11.8 Å². The Morgan fingerprint density at radius 1 is 1.18 bits per heavy atom. The largest absolute Gasteiger partial charge is 0.481 e. The maximum atomic E-state index is 11.5. The Balaban J connectivity index is 1.60. The average molecular weight is 501 g/mol. The number of piperazine rings is 1. The van der Waals surface area contributed by atoms with Gasteiger partial charge in [-0.15, -0.1) is 0 Å². The molecule has 1 saturated heterocycles. The summed E-state index contributed by atoms with van der Waals surface area (Å²) < 4.78 is 11.3. The van der Waals surface area contributed by atoms with E-state index in [-0.39, 0.29) is 17.2 Å². The standard InChI is InChI=1S/C23H25ClN6O3S/c1-29-8-10-30(11-9-29)23-26-13-19(34-16-6-7-17(21(25)31)18(24)12-16)22(28-23)33-14-15-4-3-5-20(27-15)32-2/h3-7,12-13H,8-11,14H2,1-2H3,(H2,25,31). The molecule has 1 aliphatic rings. The highest BCUT2D eigenvalue weighted by molar-refractivity contribution is 7.99. The van der Waals surface area contributed by atoms with E-state index < -0.39 is 5.91 Å². The van der Waals surface area contributed by atoms with Crippen molar-refractivity contribution in [1.29, 1.82) is 0 Å². The van der Waals surface area contributed by atoms with Crippen LogP contribution in [0.4, 0.5) is 5.95 Å². The molecule has 1 aromatic carbocycles. The molecule has 11 heteroatoms. The molecule has 34 heavy (non-hydrogen) atoms. The summed E-state index contributed by atoms with van der Waals surface area (Å²) in [6.45, 7) is 3.77. The van der Waals surface area contributed by atoms with E-state index >= 15 is 0 Å². The summed E-state index contributed by atoms with van der Waals surface area (Å²) in [5.74, 6) is 0.999. The van der Waals surface area contributed by atoms with E-state index in [0.29, 0.717) is 28.3 Å². The third kappa shape index (κ3) is 5.88. The van der Waals surface area contributed by atoms with Gasteiger partial charge in [0.15, 0.2) is 0 Å². The molecular weight excluding hydrogens is 476 g/mol. The number of anilines is 1. The van der Waals surface area contributed by atoms with Crippen LogP contribution in [0.1, 0.15) is 16.1 Å².